The number of hydrogen-bond donors (Lipinski definition) is 1. The number of aromatic amines is 1. The van der Waals surface area contributed by atoms with Crippen LogP contribution in [-0.2, 0) is 4.74 Å². The second kappa shape index (κ2) is 5.00. The van der Waals surface area contributed by atoms with Crippen LogP contribution in [0, 0.1) is 10.6 Å². The van der Waals surface area contributed by atoms with Crippen LogP contribution >= 0.6 is 28.1 Å². The molecule has 2 aromatic rings. The molecule has 1 N–H and O–H groups in total. The molecule has 0 atom stereocenters. The fraction of sp³-hybridized carbons (Fsp3) is 0.462. The molecule has 1 aromatic heterocycles. The molecule has 0 spiro atoms. The molecule has 1 heterocycles. The summed E-state index contributed by atoms with van der Waals surface area (Å²) >= 11 is 8.54. The van der Waals surface area contributed by atoms with E-state index in [2.05, 4.69) is 20.9 Å². The van der Waals surface area contributed by atoms with E-state index in [-0.39, 0.29) is 5.82 Å². The average Bonchev–Trinajstić information content (AvgIpc) is 2.60. The van der Waals surface area contributed by atoms with Gasteiger partial charge in [0.2, 0.25) is 0 Å². The van der Waals surface area contributed by atoms with Crippen LogP contribution in [0.25, 0.3) is 11.0 Å². The maximum Gasteiger partial charge on any atom is 0.178 e. The first-order valence-corrected chi connectivity index (χ1v) is 7.51. The zero-order valence-corrected chi connectivity index (χ0v) is 12.9. The quantitative estimate of drug-likeness (QED) is 0.839. The largest absolute Gasteiger partial charge is 0.378 e. The van der Waals surface area contributed by atoms with Gasteiger partial charge >= 0.3 is 0 Å². The van der Waals surface area contributed by atoms with Gasteiger partial charge in [-0.25, -0.2) is 4.39 Å². The third kappa shape index (κ3) is 2.26. The molecule has 3 nitrogen and oxygen atoms in total. The topological polar surface area (TPSA) is 29.9 Å². The van der Waals surface area contributed by atoms with E-state index in [1.807, 2.05) is 11.5 Å². The second-order valence-electron chi connectivity index (χ2n) is 4.79. The lowest BCUT2D eigenvalue weighted by molar-refractivity contribution is -0.0190. The van der Waals surface area contributed by atoms with Crippen molar-refractivity contribution in [1.82, 2.24) is 9.55 Å². The lowest BCUT2D eigenvalue weighted by atomic mass is 9.89. The second-order valence-corrected chi connectivity index (χ2v) is 6.03. The average molecular weight is 345 g/mol. The van der Waals surface area contributed by atoms with Gasteiger partial charge < -0.3 is 14.3 Å². The molecule has 0 amide bonds. The summed E-state index contributed by atoms with van der Waals surface area (Å²) in [6.45, 7) is 2.73. The molecule has 19 heavy (non-hydrogen) atoms. The van der Waals surface area contributed by atoms with Gasteiger partial charge in [0.25, 0.3) is 0 Å². The van der Waals surface area contributed by atoms with E-state index in [1.165, 1.54) is 6.07 Å². The number of nitrogens with one attached hydrogen (secondary N) is 1. The lowest BCUT2D eigenvalue weighted by Gasteiger charge is -2.36. The van der Waals surface area contributed by atoms with Crippen molar-refractivity contribution in [3.8, 4) is 0 Å². The van der Waals surface area contributed by atoms with Crippen LogP contribution in [0.3, 0.4) is 0 Å². The number of imidazole rings is 1. The first-order chi connectivity index (χ1) is 9.10. The van der Waals surface area contributed by atoms with Crippen molar-refractivity contribution < 1.29 is 9.13 Å². The number of benzene rings is 1. The summed E-state index contributed by atoms with van der Waals surface area (Å²) < 4.78 is 22.4. The number of halogens is 2. The van der Waals surface area contributed by atoms with E-state index in [4.69, 9.17) is 17.0 Å². The predicted octanol–water partition coefficient (Wildman–Crippen LogP) is 4.34. The molecular weight excluding hydrogens is 331 g/mol. The monoisotopic (exact) mass is 344 g/mol. The highest BCUT2D eigenvalue weighted by molar-refractivity contribution is 9.10. The van der Waals surface area contributed by atoms with Gasteiger partial charge in [-0.1, -0.05) is 0 Å². The fourth-order valence-corrected chi connectivity index (χ4v) is 3.30. The van der Waals surface area contributed by atoms with Crippen LogP contribution < -0.4 is 0 Å². The number of ether oxygens (including phenoxy) is 1. The minimum atomic E-state index is -0.268. The minimum absolute atomic E-state index is 0.268. The van der Waals surface area contributed by atoms with E-state index >= 15 is 0 Å². The first-order valence-electron chi connectivity index (χ1n) is 6.31. The summed E-state index contributed by atoms with van der Waals surface area (Å²) in [7, 11) is 0. The van der Waals surface area contributed by atoms with Crippen molar-refractivity contribution in [3.63, 3.8) is 0 Å². The van der Waals surface area contributed by atoms with Gasteiger partial charge in [-0.3, -0.25) is 0 Å². The summed E-state index contributed by atoms with van der Waals surface area (Å²) in [6.07, 6.45) is 2.18. The van der Waals surface area contributed by atoms with Crippen molar-refractivity contribution in [2.75, 3.05) is 6.61 Å². The molecule has 0 bridgehead atoms. The summed E-state index contributed by atoms with van der Waals surface area (Å²) in [6, 6.07) is 3.56. The molecule has 3 rings (SSSR count). The van der Waals surface area contributed by atoms with Crippen molar-refractivity contribution in [1.29, 1.82) is 0 Å². The molecule has 1 aliphatic rings. The Hall–Kier alpha value is -0.720. The van der Waals surface area contributed by atoms with Crippen LogP contribution in [0.5, 0.6) is 0 Å². The normalized spacial score (nSPS) is 22.7. The molecule has 1 aliphatic carbocycles. The van der Waals surface area contributed by atoms with E-state index in [9.17, 15) is 4.39 Å². The van der Waals surface area contributed by atoms with Crippen molar-refractivity contribution >= 4 is 39.2 Å². The van der Waals surface area contributed by atoms with Crippen molar-refractivity contribution in [3.05, 3.63) is 27.2 Å². The highest BCUT2D eigenvalue weighted by Crippen LogP contribution is 2.37. The maximum absolute atomic E-state index is 13.7. The highest BCUT2D eigenvalue weighted by atomic mass is 79.9. The van der Waals surface area contributed by atoms with Gasteiger partial charge in [0.1, 0.15) is 5.82 Å². The first kappa shape index (κ1) is 13.3. The summed E-state index contributed by atoms with van der Waals surface area (Å²) in [5, 5.41) is 0. The SMILES string of the molecule is CCOC1CC(n2c(=S)[nH]c3cc(Br)c(F)cc32)C1. The Labute approximate surface area is 123 Å². The molecule has 0 radical (unpaired) electrons. The third-order valence-electron chi connectivity index (χ3n) is 3.60. The smallest absolute Gasteiger partial charge is 0.178 e. The van der Waals surface area contributed by atoms with E-state index in [1.54, 1.807) is 6.07 Å². The molecule has 1 saturated carbocycles. The van der Waals surface area contributed by atoms with Crippen molar-refractivity contribution in [2.45, 2.75) is 31.9 Å². The Kier molecular flexibility index (Phi) is 3.49. The molecule has 0 aliphatic heterocycles. The number of fused-ring (bicyclic) bond motifs is 1. The number of rotatable bonds is 3. The number of aromatic nitrogens is 2. The molecule has 1 fully saturated rings. The number of nitrogens with zero attached hydrogens (tertiary/aromatic N) is 1. The van der Waals surface area contributed by atoms with E-state index in [0.29, 0.717) is 21.4 Å². The Balaban J connectivity index is 1.98. The van der Waals surface area contributed by atoms with Crippen LogP contribution in [0.4, 0.5) is 4.39 Å². The molecule has 1 aromatic carbocycles. The van der Waals surface area contributed by atoms with Crippen molar-refractivity contribution in [2.24, 2.45) is 0 Å². The van der Waals surface area contributed by atoms with Crippen LogP contribution in [-0.4, -0.2) is 22.3 Å². The van der Waals surface area contributed by atoms with Gasteiger partial charge in [-0.15, -0.1) is 0 Å². The van der Waals surface area contributed by atoms with Gasteiger partial charge in [-0.05, 0) is 54.0 Å². The summed E-state index contributed by atoms with van der Waals surface area (Å²) in [4.78, 5) is 3.13. The third-order valence-corrected chi connectivity index (χ3v) is 4.50. The van der Waals surface area contributed by atoms with Crippen LogP contribution in [0.2, 0.25) is 0 Å². The summed E-state index contributed by atoms with van der Waals surface area (Å²) in [5.41, 5.74) is 1.68. The number of hydrogen-bond acceptors (Lipinski definition) is 2. The van der Waals surface area contributed by atoms with Crippen LogP contribution in [0.15, 0.2) is 16.6 Å². The predicted molar refractivity (Wildman–Crippen MR) is 78.5 cm³/mol. The molecule has 0 unspecified atom stereocenters. The van der Waals surface area contributed by atoms with Gasteiger partial charge in [0, 0.05) is 18.7 Å². The Bertz CT molecular complexity index is 675. The fourth-order valence-electron chi connectivity index (χ4n) is 2.60. The van der Waals surface area contributed by atoms with E-state index < -0.39 is 0 Å². The van der Waals surface area contributed by atoms with E-state index in [0.717, 1.165) is 30.5 Å². The van der Waals surface area contributed by atoms with Gasteiger partial charge in [0.15, 0.2) is 4.77 Å². The minimum Gasteiger partial charge on any atom is -0.378 e. The van der Waals surface area contributed by atoms with Crippen LogP contribution in [0.1, 0.15) is 25.8 Å². The standard InChI is InChI=1S/C13H14BrFN2OS/c1-2-18-8-3-7(4-8)17-12-6-10(15)9(14)5-11(12)16-13(17)19/h5-8H,2-4H2,1H3,(H,16,19). The zero-order chi connectivity index (χ0) is 13.6. The molecular formula is C13H14BrFN2OS. The van der Waals surface area contributed by atoms with Gasteiger partial charge in [-0.2, -0.15) is 0 Å². The zero-order valence-electron chi connectivity index (χ0n) is 10.5. The highest BCUT2D eigenvalue weighted by Gasteiger charge is 2.32. The Morgan fingerprint density at radius 2 is 2.26 bits per heavy atom. The maximum atomic E-state index is 13.7. The lowest BCUT2D eigenvalue weighted by Crippen LogP contribution is -2.33. The Morgan fingerprint density at radius 3 is 2.95 bits per heavy atom. The molecule has 102 valence electrons. The summed E-state index contributed by atoms with van der Waals surface area (Å²) in [5.74, 6) is -0.268. The molecule has 0 saturated heterocycles. The molecule has 6 heteroatoms. The number of H-pyrrole nitrogens is 1. The van der Waals surface area contributed by atoms with Gasteiger partial charge in [0.05, 0.1) is 21.6 Å². The Morgan fingerprint density at radius 1 is 1.53 bits per heavy atom.